The van der Waals surface area contributed by atoms with E-state index in [1.165, 1.54) is 0 Å². The highest BCUT2D eigenvalue weighted by molar-refractivity contribution is 6.68. The molecular weight excluding hydrogens is 296 g/mol. The summed E-state index contributed by atoms with van der Waals surface area (Å²) in [5.74, 6) is 0. The van der Waals surface area contributed by atoms with Gasteiger partial charge in [0.25, 0.3) is 0 Å². The summed E-state index contributed by atoms with van der Waals surface area (Å²) >= 11 is 22.8. The maximum Gasteiger partial charge on any atom is 0.405 e. The number of benzene rings is 1. The molecule has 0 spiro atoms. The van der Waals surface area contributed by atoms with Crippen molar-refractivity contribution in [3.8, 4) is 0 Å². The van der Waals surface area contributed by atoms with E-state index in [2.05, 4.69) is 0 Å². The summed E-state index contributed by atoms with van der Waals surface area (Å²) < 4.78 is 2.94. The Bertz CT molecular complexity index is 374. The number of alkyl halides is 3. The zero-order valence-electron chi connectivity index (χ0n) is 7.79. The molecule has 0 radical (unpaired) electrons. The predicted molar refractivity (Wildman–Crippen MR) is 65.2 cm³/mol. The van der Waals surface area contributed by atoms with Gasteiger partial charge in [-0.15, -0.1) is 0 Å². The fourth-order valence-electron chi connectivity index (χ4n) is 1.08. The Balaban J connectivity index is 3.01. The van der Waals surface area contributed by atoms with Crippen LogP contribution in [0.25, 0.3) is 0 Å². The number of primary amides is 1. The van der Waals surface area contributed by atoms with E-state index in [1.54, 1.807) is 24.3 Å². The molecule has 1 aromatic rings. The van der Waals surface area contributed by atoms with Gasteiger partial charge in [0.2, 0.25) is 3.79 Å². The third kappa shape index (κ3) is 3.91. The average molecular weight is 303 g/mol. The number of halogens is 4. The molecule has 0 aliphatic carbocycles. The van der Waals surface area contributed by atoms with Gasteiger partial charge in [0.15, 0.2) is 6.10 Å². The molecular formula is C9H7Cl4NO2. The number of ether oxygens (including phenoxy) is 1. The van der Waals surface area contributed by atoms with Gasteiger partial charge in [-0.2, -0.15) is 0 Å². The molecule has 0 aliphatic heterocycles. The minimum atomic E-state index is -1.80. The molecule has 2 N–H and O–H groups in total. The highest BCUT2D eigenvalue weighted by Gasteiger charge is 2.37. The first kappa shape index (κ1) is 13.7. The van der Waals surface area contributed by atoms with Gasteiger partial charge < -0.3 is 10.5 Å². The van der Waals surface area contributed by atoms with Crippen molar-refractivity contribution < 1.29 is 9.53 Å². The Kier molecular flexibility index (Phi) is 4.56. The lowest BCUT2D eigenvalue weighted by Gasteiger charge is -2.23. The number of amides is 1. The second-order valence-corrected chi connectivity index (χ2v) is 5.72. The van der Waals surface area contributed by atoms with Crippen molar-refractivity contribution in [3.05, 3.63) is 34.9 Å². The van der Waals surface area contributed by atoms with E-state index in [0.29, 0.717) is 10.6 Å². The largest absolute Gasteiger partial charge is 0.437 e. The molecule has 0 heterocycles. The zero-order valence-corrected chi connectivity index (χ0v) is 10.8. The maximum absolute atomic E-state index is 10.7. The number of hydrogen-bond donors (Lipinski definition) is 1. The van der Waals surface area contributed by atoms with Crippen LogP contribution in [0, 0.1) is 0 Å². The fraction of sp³-hybridized carbons (Fsp3) is 0.222. The van der Waals surface area contributed by atoms with Crippen LogP contribution in [-0.2, 0) is 4.74 Å². The standard InChI is InChI=1S/C9H7Cl4NO2/c10-6-3-1-5(2-4-6)7(9(11,12)13)16-8(14)15/h1-4,7H,(H2,14,15). The van der Waals surface area contributed by atoms with Gasteiger partial charge in [0.1, 0.15) is 0 Å². The van der Waals surface area contributed by atoms with Crippen molar-refractivity contribution in [2.75, 3.05) is 0 Å². The van der Waals surface area contributed by atoms with Crippen LogP contribution in [-0.4, -0.2) is 9.89 Å². The molecule has 1 rings (SSSR count). The van der Waals surface area contributed by atoms with E-state index in [0.717, 1.165) is 0 Å². The zero-order chi connectivity index (χ0) is 12.3. The summed E-state index contributed by atoms with van der Waals surface area (Å²) in [6, 6.07) is 6.34. The van der Waals surface area contributed by atoms with Crippen molar-refractivity contribution in [3.63, 3.8) is 0 Å². The lowest BCUT2D eigenvalue weighted by molar-refractivity contribution is 0.108. The molecule has 0 fully saturated rings. The first-order valence-corrected chi connectivity index (χ1v) is 5.60. The van der Waals surface area contributed by atoms with Gasteiger partial charge >= 0.3 is 6.09 Å². The Morgan fingerprint density at radius 2 is 1.75 bits per heavy atom. The molecule has 1 amide bonds. The molecule has 16 heavy (non-hydrogen) atoms. The van der Waals surface area contributed by atoms with Crippen LogP contribution < -0.4 is 5.73 Å². The summed E-state index contributed by atoms with van der Waals surface area (Å²) in [7, 11) is 0. The normalized spacial score (nSPS) is 13.2. The average Bonchev–Trinajstić information content (AvgIpc) is 2.14. The third-order valence-electron chi connectivity index (χ3n) is 1.70. The molecule has 0 saturated carbocycles. The molecule has 0 bridgehead atoms. The fourth-order valence-corrected chi connectivity index (χ4v) is 1.72. The monoisotopic (exact) mass is 301 g/mol. The Hall–Kier alpha value is -0.350. The van der Waals surface area contributed by atoms with E-state index >= 15 is 0 Å². The second kappa shape index (κ2) is 5.32. The lowest BCUT2D eigenvalue weighted by atomic mass is 10.1. The van der Waals surface area contributed by atoms with Crippen LogP contribution in [0.15, 0.2) is 24.3 Å². The van der Waals surface area contributed by atoms with Gasteiger partial charge in [0.05, 0.1) is 0 Å². The van der Waals surface area contributed by atoms with Crippen molar-refractivity contribution in [1.82, 2.24) is 0 Å². The highest BCUT2D eigenvalue weighted by atomic mass is 35.6. The predicted octanol–water partition coefficient (Wildman–Crippen LogP) is 3.85. The molecule has 0 saturated heterocycles. The van der Waals surface area contributed by atoms with E-state index in [-0.39, 0.29) is 0 Å². The maximum atomic E-state index is 10.7. The summed E-state index contributed by atoms with van der Waals surface area (Å²) in [6.45, 7) is 0. The van der Waals surface area contributed by atoms with Crippen molar-refractivity contribution in [2.24, 2.45) is 5.73 Å². The van der Waals surface area contributed by atoms with E-state index in [4.69, 9.17) is 56.9 Å². The number of carbonyl (C=O) groups is 1. The molecule has 3 nitrogen and oxygen atoms in total. The Morgan fingerprint density at radius 3 is 2.12 bits per heavy atom. The quantitative estimate of drug-likeness (QED) is 0.844. The summed E-state index contributed by atoms with van der Waals surface area (Å²) in [6.07, 6.45) is -2.10. The van der Waals surface area contributed by atoms with Gasteiger partial charge in [-0.05, 0) is 17.7 Å². The molecule has 7 heteroatoms. The Morgan fingerprint density at radius 1 is 1.25 bits per heavy atom. The summed E-state index contributed by atoms with van der Waals surface area (Å²) in [4.78, 5) is 10.7. The molecule has 1 atom stereocenters. The van der Waals surface area contributed by atoms with Gasteiger partial charge in [-0.25, -0.2) is 4.79 Å². The number of hydrogen-bond acceptors (Lipinski definition) is 2. The van der Waals surface area contributed by atoms with Crippen LogP contribution in [0.4, 0.5) is 4.79 Å². The molecule has 0 aromatic heterocycles. The SMILES string of the molecule is NC(=O)OC(c1ccc(Cl)cc1)C(Cl)(Cl)Cl. The third-order valence-corrected chi connectivity index (χ3v) is 2.55. The topological polar surface area (TPSA) is 52.3 Å². The van der Waals surface area contributed by atoms with Crippen molar-refractivity contribution >= 4 is 52.5 Å². The van der Waals surface area contributed by atoms with Gasteiger partial charge in [-0.3, -0.25) is 0 Å². The minimum Gasteiger partial charge on any atom is -0.437 e. The highest BCUT2D eigenvalue weighted by Crippen LogP contribution is 2.42. The number of nitrogens with two attached hydrogens (primary N) is 1. The van der Waals surface area contributed by atoms with Gasteiger partial charge in [0, 0.05) is 5.02 Å². The van der Waals surface area contributed by atoms with Crippen LogP contribution in [0.1, 0.15) is 11.7 Å². The minimum absolute atomic E-state index is 0.489. The molecule has 1 aromatic carbocycles. The van der Waals surface area contributed by atoms with Crippen molar-refractivity contribution in [1.29, 1.82) is 0 Å². The second-order valence-electron chi connectivity index (χ2n) is 2.91. The van der Waals surface area contributed by atoms with Crippen molar-refractivity contribution in [2.45, 2.75) is 9.90 Å². The molecule has 0 aliphatic rings. The number of carbonyl (C=O) groups excluding carboxylic acids is 1. The van der Waals surface area contributed by atoms with Crippen LogP contribution in [0.5, 0.6) is 0 Å². The van der Waals surface area contributed by atoms with E-state index in [1.807, 2.05) is 0 Å². The van der Waals surface area contributed by atoms with E-state index < -0.39 is 16.0 Å². The first-order valence-electron chi connectivity index (χ1n) is 4.09. The van der Waals surface area contributed by atoms with E-state index in [9.17, 15) is 4.79 Å². The molecule has 88 valence electrons. The van der Waals surface area contributed by atoms with Crippen LogP contribution >= 0.6 is 46.4 Å². The number of rotatable bonds is 2. The summed E-state index contributed by atoms with van der Waals surface area (Å²) in [5, 5.41) is 0.519. The smallest absolute Gasteiger partial charge is 0.405 e. The first-order chi connectivity index (χ1) is 7.30. The molecule has 1 unspecified atom stereocenters. The summed E-state index contributed by atoms with van der Waals surface area (Å²) in [5.41, 5.74) is 5.38. The lowest BCUT2D eigenvalue weighted by Crippen LogP contribution is -2.26. The van der Waals surface area contributed by atoms with Gasteiger partial charge in [-0.1, -0.05) is 58.5 Å². The Labute approximate surface area is 112 Å². The van der Waals surface area contributed by atoms with Crippen LogP contribution in [0.2, 0.25) is 5.02 Å². The van der Waals surface area contributed by atoms with Crippen LogP contribution in [0.3, 0.4) is 0 Å².